The number of nitrogens with one attached hydrogen (secondary N) is 1. The van der Waals surface area contributed by atoms with E-state index in [9.17, 15) is 14.9 Å². The van der Waals surface area contributed by atoms with Crippen LogP contribution < -0.4 is 10.1 Å². The van der Waals surface area contributed by atoms with E-state index >= 15 is 0 Å². The fraction of sp³-hybridized carbons (Fsp3) is 0.0714. The summed E-state index contributed by atoms with van der Waals surface area (Å²) in [4.78, 5) is 22.4. The van der Waals surface area contributed by atoms with Gasteiger partial charge in [0.2, 0.25) is 0 Å². The maximum absolute atomic E-state index is 12.1. The molecule has 0 radical (unpaired) electrons. The molecule has 0 aromatic heterocycles. The molecule has 0 fully saturated rings. The number of aryl methyl sites for hydroxylation is 1. The number of benzene rings is 2. The third-order valence-electron chi connectivity index (χ3n) is 3.02. The largest absolute Gasteiger partial charge is 0.454 e. The lowest BCUT2D eigenvalue weighted by atomic mass is 10.1. The van der Waals surface area contributed by atoms with E-state index in [2.05, 4.69) is 5.32 Å². The van der Waals surface area contributed by atoms with E-state index in [1.165, 1.54) is 18.2 Å². The van der Waals surface area contributed by atoms with Gasteiger partial charge in [0.15, 0.2) is 5.75 Å². The summed E-state index contributed by atoms with van der Waals surface area (Å²) in [6.07, 6.45) is 0. The fourth-order valence-electron chi connectivity index (χ4n) is 2.04. The molecule has 100 valence electrons. The summed E-state index contributed by atoms with van der Waals surface area (Å²) in [7, 11) is 0. The van der Waals surface area contributed by atoms with Gasteiger partial charge < -0.3 is 10.1 Å². The van der Waals surface area contributed by atoms with Crippen molar-refractivity contribution in [3.63, 3.8) is 0 Å². The van der Waals surface area contributed by atoms with Gasteiger partial charge in [-0.2, -0.15) is 0 Å². The number of ether oxygens (including phenoxy) is 1. The standard InChI is InChI=1S/C14H10N2O4/c1-8-2-5-12-11(6-8)15-14(17)10-4-3-9(16(18)19)7-13(10)20-12/h2-7H,1H3,(H,15,17). The second kappa shape index (κ2) is 4.34. The summed E-state index contributed by atoms with van der Waals surface area (Å²) < 4.78 is 5.63. The van der Waals surface area contributed by atoms with Crippen molar-refractivity contribution in [3.05, 3.63) is 57.6 Å². The Bertz CT molecular complexity index is 740. The van der Waals surface area contributed by atoms with Crippen LogP contribution in [0.2, 0.25) is 0 Å². The van der Waals surface area contributed by atoms with Crippen LogP contribution in [-0.4, -0.2) is 10.8 Å². The van der Waals surface area contributed by atoms with Gasteiger partial charge in [-0.3, -0.25) is 14.9 Å². The number of amides is 1. The van der Waals surface area contributed by atoms with Crippen LogP contribution in [0.3, 0.4) is 0 Å². The highest BCUT2D eigenvalue weighted by Crippen LogP contribution is 2.37. The number of carbonyl (C=O) groups excluding carboxylic acids is 1. The molecule has 0 atom stereocenters. The Labute approximate surface area is 114 Å². The van der Waals surface area contributed by atoms with E-state index in [4.69, 9.17) is 4.74 Å². The summed E-state index contributed by atoms with van der Waals surface area (Å²) in [6, 6.07) is 9.27. The molecule has 0 bridgehead atoms. The number of carbonyl (C=O) groups is 1. The topological polar surface area (TPSA) is 81.5 Å². The zero-order chi connectivity index (χ0) is 14.3. The molecule has 0 unspecified atom stereocenters. The molecule has 1 aliphatic rings. The van der Waals surface area contributed by atoms with Crippen LogP contribution in [0, 0.1) is 17.0 Å². The van der Waals surface area contributed by atoms with E-state index < -0.39 is 4.92 Å². The first-order valence-corrected chi connectivity index (χ1v) is 5.93. The van der Waals surface area contributed by atoms with Crippen molar-refractivity contribution in [1.29, 1.82) is 0 Å². The highest BCUT2D eigenvalue weighted by atomic mass is 16.6. The number of nitrogens with zero attached hydrogens (tertiary/aromatic N) is 1. The van der Waals surface area contributed by atoms with Crippen LogP contribution in [0.5, 0.6) is 11.5 Å². The number of fused-ring (bicyclic) bond motifs is 2. The second-order valence-corrected chi connectivity index (χ2v) is 4.49. The number of anilines is 1. The lowest BCUT2D eigenvalue weighted by Crippen LogP contribution is -2.10. The smallest absolute Gasteiger partial charge is 0.273 e. The molecule has 20 heavy (non-hydrogen) atoms. The Hall–Kier alpha value is -2.89. The molecule has 6 nitrogen and oxygen atoms in total. The molecule has 1 N–H and O–H groups in total. The minimum atomic E-state index is -0.525. The van der Waals surface area contributed by atoms with Crippen molar-refractivity contribution < 1.29 is 14.5 Å². The minimum absolute atomic E-state index is 0.118. The Morgan fingerprint density at radius 1 is 1.15 bits per heavy atom. The maximum Gasteiger partial charge on any atom is 0.273 e. The number of rotatable bonds is 1. The Balaban J connectivity index is 2.14. The summed E-state index contributed by atoms with van der Waals surface area (Å²) >= 11 is 0. The number of hydrogen-bond acceptors (Lipinski definition) is 4. The van der Waals surface area contributed by atoms with Crippen molar-refractivity contribution in [1.82, 2.24) is 0 Å². The summed E-state index contributed by atoms with van der Waals surface area (Å²) in [5, 5.41) is 13.5. The monoisotopic (exact) mass is 270 g/mol. The number of nitro benzene ring substituents is 1. The Morgan fingerprint density at radius 3 is 2.70 bits per heavy atom. The molecule has 2 aromatic rings. The molecule has 2 aromatic carbocycles. The first kappa shape index (κ1) is 12.2. The molecule has 0 spiro atoms. The molecule has 0 saturated heterocycles. The quantitative estimate of drug-likeness (QED) is 0.637. The van der Waals surface area contributed by atoms with Crippen molar-refractivity contribution in [2.75, 3.05) is 5.32 Å². The molecular formula is C14H10N2O4. The van der Waals surface area contributed by atoms with Gasteiger partial charge in [-0.05, 0) is 30.7 Å². The molecule has 1 aliphatic heterocycles. The van der Waals surface area contributed by atoms with Gasteiger partial charge in [0, 0.05) is 6.07 Å². The highest BCUT2D eigenvalue weighted by Gasteiger charge is 2.23. The molecule has 0 saturated carbocycles. The van der Waals surface area contributed by atoms with E-state index in [0.29, 0.717) is 11.4 Å². The third kappa shape index (κ3) is 1.97. The van der Waals surface area contributed by atoms with Gasteiger partial charge in [0.25, 0.3) is 11.6 Å². The van der Waals surface area contributed by atoms with Crippen molar-refractivity contribution in [2.45, 2.75) is 6.92 Å². The summed E-state index contributed by atoms with van der Waals surface area (Å²) in [6.45, 7) is 1.90. The second-order valence-electron chi connectivity index (χ2n) is 4.49. The van der Waals surface area contributed by atoms with Crippen molar-refractivity contribution in [2.24, 2.45) is 0 Å². The predicted molar refractivity (Wildman–Crippen MR) is 72.3 cm³/mol. The first-order valence-electron chi connectivity index (χ1n) is 5.93. The van der Waals surface area contributed by atoms with Gasteiger partial charge in [0.05, 0.1) is 22.2 Å². The van der Waals surface area contributed by atoms with Gasteiger partial charge in [0.1, 0.15) is 5.75 Å². The Morgan fingerprint density at radius 2 is 1.95 bits per heavy atom. The SMILES string of the molecule is Cc1ccc2c(c1)NC(=O)c1ccc([N+](=O)[O-])cc1O2. The van der Waals surface area contributed by atoms with Gasteiger partial charge in [-0.15, -0.1) is 0 Å². The molecule has 1 amide bonds. The number of hydrogen-bond donors (Lipinski definition) is 1. The van der Waals surface area contributed by atoms with E-state index in [0.717, 1.165) is 5.56 Å². The van der Waals surface area contributed by atoms with Crippen LogP contribution in [-0.2, 0) is 0 Å². The number of non-ortho nitro benzene ring substituents is 1. The average molecular weight is 270 g/mol. The zero-order valence-electron chi connectivity index (χ0n) is 10.5. The average Bonchev–Trinajstić information content (AvgIpc) is 2.54. The molecule has 3 rings (SSSR count). The molecule has 0 aliphatic carbocycles. The van der Waals surface area contributed by atoms with Gasteiger partial charge >= 0.3 is 0 Å². The van der Waals surface area contributed by atoms with E-state index in [1.54, 1.807) is 12.1 Å². The van der Waals surface area contributed by atoms with E-state index in [-0.39, 0.29) is 22.9 Å². The van der Waals surface area contributed by atoms with Crippen LogP contribution in [0.15, 0.2) is 36.4 Å². The minimum Gasteiger partial charge on any atom is -0.454 e. The first-order chi connectivity index (χ1) is 9.54. The predicted octanol–water partition coefficient (Wildman–Crippen LogP) is 3.26. The van der Waals surface area contributed by atoms with Crippen LogP contribution >= 0.6 is 0 Å². The number of nitro groups is 1. The van der Waals surface area contributed by atoms with E-state index in [1.807, 2.05) is 13.0 Å². The summed E-state index contributed by atoms with van der Waals surface area (Å²) in [5.74, 6) is 0.293. The van der Waals surface area contributed by atoms with Crippen molar-refractivity contribution in [3.8, 4) is 11.5 Å². The zero-order valence-corrected chi connectivity index (χ0v) is 10.5. The van der Waals surface area contributed by atoms with Gasteiger partial charge in [-0.1, -0.05) is 6.07 Å². The fourth-order valence-corrected chi connectivity index (χ4v) is 2.04. The van der Waals surface area contributed by atoms with Crippen molar-refractivity contribution >= 4 is 17.3 Å². The molecule has 6 heteroatoms. The summed E-state index contributed by atoms with van der Waals surface area (Å²) in [5.41, 5.74) is 1.68. The third-order valence-corrected chi connectivity index (χ3v) is 3.02. The van der Waals surface area contributed by atoms with Crippen LogP contribution in [0.1, 0.15) is 15.9 Å². The molecule has 1 heterocycles. The van der Waals surface area contributed by atoms with Gasteiger partial charge in [-0.25, -0.2) is 0 Å². The lowest BCUT2D eigenvalue weighted by Gasteiger charge is -2.07. The van der Waals surface area contributed by atoms with Crippen LogP contribution in [0.25, 0.3) is 0 Å². The highest BCUT2D eigenvalue weighted by molar-refractivity contribution is 6.08. The lowest BCUT2D eigenvalue weighted by molar-refractivity contribution is -0.384. The maximum atomic E-state index is 12.1. The normalized spacial score (nSPS) is 12.6. The molecular weight excluding hydrogens is 260 g/mol. The Kier molecular flexibility index (Phi) is 2.64. The van der Waals surface area contributed by atoms with Crippen LogP contribution in [0.4, 0.5) is 11.4 Å².